The zero-order chi connectivity index (χ0) is 32.3. The van der Waals surface area contributed by atoms with Crippen LogP contribution in [-0.2, 0) is 23.7 Å². The highest BCUT2D eigenvalue weighted by atomic mass is 32.2. The van der Waals surface area contributed by atoms with E-state index in [4.69, 9.17) is 23.7 Å². The van der Waals surface area contributed by atoms with E-state index in [1.165, 1.54) is 36.4 Å². The Balaban J connectivity index is 1.52. The number of hydrogen-bond donors (Lipinski definition) is 0. The summed E-state index contributed by atoms with van der Waals surface area (Å²) < 4.78 is 29.4. The maximum Gasteiger partial charge on any atom is 0.338 e. The first kappa shape index (κ1) is 32.0. The SMILES string of the molecule is N#CS[C@H]1O[C@H](COC(=O)c2ccccc2)[C@H](OC(=O)c2ccccc2)[C@H](OC(=O)c2ccccc2)[C@H]1OC(=O)c1ccccc1. The molecule has 5 atom stereocenters. The molecule has 0 aromatic heterocycles. The minimum Gasteiger partial charge on any atom is -0.459 e. The average molecular weight is 638 g/mol. The van der Waals surface area contributed by atoms with Crippen molar-refractivity contribution in [3.8, 4) is 5.40 Å². The van der Waals surface area contributed by atoms with E-state index in [9.17, 15) is 24.4 Å². The van der Waals surface area contributed by atoms with Gasteiger partial charge in [-0.1, -0.05) is 72.8 Å². The van der Waals surface area contributed by atoms with Crippen molar-refractivity contribution in [3.63, 3.8) is 0 Å². The van der Waals surface area contributed by atoms with Crippen LogP contribution in [0.1, 0.15) is 41.4 Å². The molecule has 0 aliphatic carbocycles. The number of carbonyl (C=O) groups excluding carboxylic acids is 4. The summed E-state index contributed by atoms with van der Waals surface area (Å²) in [6, 6.07) is 32.4. The van der Waals surface area contributed by atoms with Crippen molar-refractivity contribution in [2.75, 3.05) is 6.61 Å². The Labute approximate surface area is 268 Å². The van der Waals surface area contributed by atoms with Crippen LogP contribution in [0.3, 0.4) is 0 Å². The number of hydrogen-bond acceptors (Lipinski definition) is 11. The van der Waals surface area contributed by atoms with Gasteiger partial charge in [0, 0.05) is 0 Å². The lowest BCUT2D eigenvalue weighted by molar-refractivity contribution is -0.207. The first-order valence-electron chi connectivity index (χ1n) is 14.1. The lowest BCUT2D eigenvalue weighted by Gasteiger charge is -2.43. The van der Waals surface area contributed by atoms with Crippen LogP contribution in [0.4, 0.5) is 0 Å². The molecule has 4 aromatic rings. The van der Waals surface area contributed by atoms with Gasteiger partial charge in [0.2, 0.25) is 0 Å². The predicted molar refractivity (Wildman–Crippen MR) is 166 cm³/mol. The van der Waals surface area contributed by atoms with Crippen molar-refractivity contribution >= 4 is 35.6 Å². The number of nitrogens with zero attached hydrogens (tertiary/aromatic N) is 1. The van der Waals surface area contributed by atoms with Gasteiger partial charge in [0.1, 0.15) is 18.1 Å². The van der Waals surface area contributed by atoms with Gasteiger partial charge in [0.25, 0.3) is 0 Å². The molecule has 0 spiro atoms. The van der Waals surface area contributed by atoms with Crippen LogP contribution in [0.2, 0.25) is 0 Å². The Morgan fingerprint density at radius 1 is 0.565 bits per heavy atom. The normalized spacial score (nSPS) is 20.4. The standard InChI is InChI=1S/C35H27NO9S/c36-22-46-35-30(45-34(40)26-19-11-4-12-20-26)29(44-33(39)25-17-9-3-10-18-25)28(43-32(38)24-15-7-2-8-16-24)27(42-35)21-41-31(37)23-13-5-1-6-14-23/h1-20,27-30,35H,21H2/t27-,28+,29+,30-,35-/m1/s1. The molecule has 0 unspecified atom stereocenters. The number of esters is 4. The van der Waals surface area contributed by atoms with E-state index < -0.39 is 60.3 Å². The fourth-order valence-corrected chi connectivity index (χ4v) is 5.32. The minimum atomic E-state index is -1.49. The highest BCUT2D eigenvalue weighted by Crippen LogP contribution is 2.35. The second kappa shape index (κ2) is 15.5. The monoisotopic (exact) mass is 637 g/mol. The Bertz CT molecular complexity index is 1680. The topological polar surface area (TPSA) is 138 Å². The Morgan fingerprint density at radius 2 is 0.935 bits per heavy atom. The summed E-state index contributed by atoms with van der Waals surface area (Å²) in [5.74, 6) is -3.08. The molecule has 5 rings (SSSR count). The average Bonchev–Trinajstić information content (AvgIpc) is 3.11. The molecule has 46 heavy (non-hydrogen) atoms. The van der Waals surface area contributed by atoms with E-state index in [1.807, 2.05) is 5.40 Å². The van der Waals surface area contributed by atoms with E-state index in [0.29, 0.717) is 11.8 Å². The summed E-state index contributed by atoms with van der Waals surface area (Å²) in [5.41, 5.74) is -0.430. The summed E-state index contributed by atoms with van der Waals surface area (Å²) in [4.78, 5) is 53.0. The molecule has 232 valence electrons. The summed E-state index contributed by atoms with van der Waals surface area (Å²) in [5, 5.41) is 11.6. The minimum absolute atomic E-state index is 0.173. The second-order valence-corrected chi connectivity index (χ2v) is 10.8. The van der Waals surface area contributed by atoms with Crippen molar-refractivity contribution in [1.82, 2.24) is 0 Å². The second-order valence-electron chi connectivity index (χ2n) is 9.92. The lowest BCUT2D eigenvalue weighted by atomic mass is 9.98. The van der Waals surface area contributed by atoms with E-state index in [0.717, 1.165) is 0 Å². The van der Waals surface area contributed by atoms with Crippen LogP contribution < -0.4 is 0 Å². The van der Waals surface area contributed by atoms with Crippen molar-refractivity contribution in [3.05, 3.63) is 144 Å². The van der Waals surface area contributed by atoms with Crippen LogP contribution in [0.15, 0.2) is 121 Å². The van der Waals surface area contributed by atoms with Crippen LogP contribution in [-0.4, -0.2) is 60.3 Å². The van der Waals surface area contributed by atoms with Gasteiger partial charge in [-0.25, -0.2) is 19.2 Å². The van der Waals surface area contributed by atoms with Crippen molar-refractivity contribution in [2.45, 2.75) is 29.9 Å². The molecule has 1 aliphatic heterocycles. The number of thioether (sulfide) groups is 1. The molecule has 1 fully saturated rings. The maximum absolute atomic E-state index is 13.4. The van der Waals surface area contributed by atoms with Gasteiger partial charge in [-0.2, -0.15) is 5.26 Å². The third-order valence-corrected chi connectivity index (χ3v) is 7.62. The highest BCUT2D eigenvalue weighted by molar-refractivity contribution is 8.04. The smallest absolute Gasteiger partial charge is 0.338 e. The number of rotatable bonds is 10. The largest absolute Gasteiger partial charge is 0.459 e. The molecule has 1 heterocycles. The highest BCUT2D eigenvalue weighted by Gasteiger charge is 2.53. The summed E-state index contributed by atoms with van der Waals surface area (Å²) >= 11 is 0.610. The number of thiocyanates is 1. The van der Waals surface area contributed by atoms with E-state index in [2.05, 4.69) is 0 Å². The number of ether oxygens (including phenoxy) is 5. The molecule has 10 nitrogen and oxygen atoms in total. The molecule has 0 bridgehead atoms. The van der Waals surface area contributed by atoms with Crippen LogP contribution >= 0.6 is 11.8 Å². The summed E-state index contributed by atoms with van der Waals surface area (Å²) in [7, 11) is 0. The van der Waals surface area contributed by atoms with Gasteiger partial charge in [0.15, 0.2) is 23.7 Å². The molecule has 0 amide bonds. The van der Waals surface area contributed by atoms with Gasteiger partial charge in [-0.15, -0.1) is 0 Å². The Morgan fingerprint density at radius 3 is 1.35 bits per heavy atom. The van der Waals surface area contributed by atoms with Gasteiger partial charge in [0.05, 0.1) is 22.3 Å². The first-order chi connectivity index (χ1) is 22.4. The van der Waals surface area contributed by atoms with Crippen LogP contribution in [0.5, 0.6) is 0 Å². The van der Waals surface area contributed by atoms with Crippen molar-refractivity contribution < 1.29 is 42.9 Å². The van der Waals surface area contributed by atoms with Gasteiger partial charge >= 0.3 is 23.9 Å². The van der Waals surface area contributed by atoms with E-state index in [1.54, 1.807) is 84.9 Å². The molecule has 1 aliphatic rings. The molecule has 0 saturated carbocycles. The zero-order valence-electron chi connectivity index (χ0n) is 24.2. The fourth-order valence-electron chi connectivity index (χ4n) is 4.67. The lowest BCUT2D eigenvalue weighted by Crippen LogP contribution is -2.61. The van der Waals surface area contributed by atoms with E-state index >= 15 is 0 Å². The Kier molecular flexibility index (Phi) is 10.8. The maximum atomic E-state index is 13.4. The number of benzene rings is 4. The van der Waals surface area contributed by atoms with Crippen molar-refractivity contribution in [2.24, 2.45) is 0 Å². The number of carbonyl (C=O) groups is 4. The predicted octanol–water partition coefficient (Wildman–Crippen LogP) is 5.46. The first-order valence-corrected chi connectivity index (χ1v) is 15.0. The van der Waals surface area contributed by atoms with Crippen LogP contribution in [0.25, 0.3) is 0 Å². The third kappa shape index (κ3) is 7.98. The summed E-state index contributed by atoms with van der Waals surface area (Å²) in [6.45, 7) is -0.457. The van der Waals surface area contributed by atoms with Crippen LogP contribution in [0, 0.1) is 10.7 Å². The molecular weight excluding hydrogens is 610 g/mol. The molecule has 0 N–H and O–H groups in total. The number of nitriles is 1. The fraction of sp³-hybridized carbons (Fsp3) is 0.171. The zero-order valence-corrected chi connectivity index (χ0v) is 25.0. The van der Waals surface area contributed by atoms with E-state index in [-0.39, 0.29) is 22.3 Å². The quantitative estimate of drug-likeness (QED) is 0.124. The molecule has 0 radical (unpaired) electrons. The van der Waals surface area contributed by atoms with Gasteiger partial charge in [-0.3, -0.25) is 0 Å². The third-order valence-electron chi connectivity index (χ3n) is 6.91. The van der Waals surface area contributed by atoms with Gasteiger partial charge in [-0.05, 0) is 60.3 Å². The molecular formula is C35H27NO9S. The van der Waals surface area contributed by atoms with Crippen molar-refractivity contribution in [1.29, 1.82) is 5.26 Å². The summed E-state index contributed by atoms with van der Waals surface area (Å²) in [6.07, 6.45) is -5.62. The molecule has 1 saturated heterocycles. The van der Waals surface area contributed by atoms with Gasteiger partial charge < -0.3 is 23.7 Å². The Hall–Kier alpha value is -5.44. The molecule has 4 aromatic carbocycles. The molecule has 11 heteroatoms.